The van der Waals surface area contributed by atoms with E-state index in [1.54, 1.807) is 17.3 Å². The molecular formula is C24H32N4O2. The lowest BCUT2D eigenvalue weighted by Gasteiger charge is -2.23. The number of likely N-dealkylation sites (N-methyl/N-ethyl adjacent to an activating group) is 1. The second-order valence-electron chi connectivity index (χ2n) is 8.24. The number of carbonyl (C=O) groups is 2. The minimum Gasteiger partial charge on any atom is -0.345 e. The van der Waals surface area contributed by atoms with Crippen LogP contribution >= 0.6 is 0 Å². The van der Waals surface area contributed by atoms with E-state index >= 15 is 0 Å². The van der Waals surface area contributed by atoms with Crippen molar-refractivity contribution in [2.45, 2.75) is 45.6 Å². The lowest BCUT2D eigenvalue weighted by molar-refractivity contribution is -0.130. The number of amides is 2. The molecule has 1 aromatic carbocycles. The van der Waals surface area contributed by atoms with Gasteiger partial charge in [0.25, 0.3) is 0 Å². The summed E-state index contributed by atoms with van der Waals surface area (Å²) in [6.45, 7) is 5.63. The molecule has 0 aliphatic heterocycles. The maximum atomic E-state index is 12.6. The van der Waals surface area contributed by atoms with Crippen molar-refractivity contribution in [3.05, 3.63) is 59.4 Å². The maximum absolute atomic E-state index is 12.6. The fraction of sp³-hybridized carbons (Fsp3) is 0.458. The van der Waals surface area contributed by atoms with Crippen molar-refractivity contribution in [1.82, 2.24) is 14.8 Å². The highest BCUT2D eigenvalue weighted by molar-refractivity contribution is 5.93. The second kappa shape index (κ2) is 10.3. The number of nitrogens with zero attached hydrogens (tertiary/aromatic N) is 3. The van der Waals surface area contributed by atoms with E-state index in [0.29, 0.717) is 32.1 Å². The zero-order valence-electron chi connectivity index (χ0n) is 18.2. The molecule has 1 saturated carbocycles. The number of anilines is 1. The Bertz CT molecular complexity index is 865. The molecule has 2 aromatic rings. The third-order valence-electron chi connectivity index (χ3n) is 5.60. The molecule has 0 radical (unpaired) electrons. The number of rotatable bonds is 10. The number of hydrogen-bond acceptors (Lipinski definition) is 4. The number of pyridine rings is 1. The van der Waals surface area contributed by atoms with Gasteiger partial charge >= 0.3 is 0 Å². The van der Waals surface area contributed by atoms with Gasteiger partial charge in [-0.15, -0.1) is 0 Å². The standard InChI is InChI=1S/C24H32N4O2/c1-18-4-5-19(2)22(16-18)26-23(29)17-28(21-6-7-21)15-11-24(30)27(3)14-10-20-8-12-25-13-9-20/h4-5,8-9,12-13,16,21H,6-7,10-11,14-15,17H2,1-3H3,(H,26,29). The Morgan fingerprint density at radius 1 is 1.10 bits per heavy atom. The van der Waals surface area contributed by atoms with Crippen LogP contribution in [0, 0.1) is 13.8 Å². The van der Waals surface area contributed by atoms with E-state index in [4.69, 9.17) is 0 Å². The van der Waals surface area contributed by atoms with Gasteiger partial charge in [-0.25, -0.2) is 0 Å². The zero-order chi connectivity index (χ0) is 21.5. The van der Waals surface area contributed by atoms with Crippen LogP contribution in [0.5, 0.6) is 0 Å². The van der Waals surface area contributed by atoms with Crippen LogP contribution in [0.1, 0.15) is 36.0 Å². The van der Waals surface area contributed by atoms with E-state index in [0.717, 1.165) is 36.1 Å². The molecule has 1 aromatic heterocycles. The van der Waals surface area contributed by atoms with Gasteiger partial charge in [0.1, 0.15) is 0 Å². The number of aromatic nitrogens is 1. The van der Waals surface area contributed by atoms with Gasteiger partial charge in [0.05, 0.1) is 6.54 Å². The molecule has 1 aliphatic rings. The van der Waals surface area contributed by atoms with E-state index in [1.165, 1.54) is 5.56 Å². The summed E-state index contributed by atoms with van der Waals surface area (Å²) in [5, 5.41) is 3.03. The van der Waals surface area contributed by atoms with Crippen LogP contribution in [0.4, 0.5) is 5.69 Å². The van der Waals surface area contributed by atoms with Gasteiger partial charge in [0, 0.05) is 50.7 Å². The molecule has 6 nitrogen and oxygen atoms in total. The average molecular weight is 409 g/mol. The molecule has 0 saturated heterocycles. The Balaban J connectivity index is 1.46. The molecule has 0 atom stereocenters. The fourth-order valence-electron chi connectivity index (χ4n) is 3.48. The molecule has 2 amide bonds. The van der Waals surface area contributed by atoms with E-state index in [9.17, 15) is 9.59 Å². The summed E-state index contributed by atoms with van der Waals surface area (Å²) < 4.78 is 0. The van der Waals surface area contributed by atoms with Crippen molar-refractivity contribution in [1.29, 1.82) is 0 Å². The van der Waals surface area contributed by atoms with Crippen molar-refractivity contribution >= 4 is 17.5 Å². The quantitative estimate of drug-likeness (QED) is 0.656. The average Bonchev–Trinajstić information content (AvgIpc) is 3.58. The molecule has 1 fully saturated rings. The van der Waals surface area contributed by atoms with Crippen LogP contribution in [0.2, 0.25) is 0 Å². The van der Waals surface area contributed by atoms with Crippen LogP contribution in [0.25, 0.3) is 0 Å². The third kappa shape index (κ3) is 6.66. The molecule has 0 unspecified atom stereocenters. The molecule has 160 valence electrons. The highest BCUT2D eigenvalue weighted by atomic mass is 16.2. The monoisotopic (exact) mass is 408 g/mol. The Hall–Kier alpha value is -2.73. The van der Waals surface area contributed by atoms with Crippen molar-refractivity contribution in [2.24, 2.45) is 0 Å². The van der Waals surface area contributed by atoms with Crippen molar-refractivity contribution in [2.75, 3.05) is 32.0 Å². The van der Waals surface area contributed by atoms with Gasteiger partial charge in [0.15, 0.2) is 0 Å². The van der Waals surface area contributed by atoms with Gasteiger partial charge in [-0.1, -0.05) is 12.1 Å². The number of benzene rings is 1. The first-order valence-electron chi connectivity index (χ1n) is 10.7. The molecule has 1 N–H and O–H groups in total. The molecule has 1 aliphatic carbocycles. The minimum atomic E-state index is -0.0194. The van der Waals surface area contributed by atoms with E-state index in [1.807, 2.05) is 51.2 Å². The van der Waals surface area contributed by atoms with Gasteiger partial charge < -0.3 is 10.2 Å². The van der Waals surface area contributed by atoms with Crippen molar-refractivity contribution in [3.63, 3.8) is 0 Å². The van der Waals surface area contributed by atoms with Crippen LogP contribution in [-0.2, 0) is 16.0 Å². The number of carbonyl (C=O) groups excluding carboxylic acids is 2. The SMILES string of the molecule is Cc1ccc(C)c(NC(=O)CN(CCC(=O)N(C)CCc2ccncc2)C2CC2)c1. The predicted molar refractivity (Wildman–Crippen MR) is 119 cm³/mol. The number of aryl methyl sites for hydroxylation is 2. The summed E-state index contributed by atoms with van der Waals surface area (Å²) in [4.78, 5) is 33.1. The van der Waals surface area contributed by atoms with E-state index in [-0.39, 0.29) is 11.8 Å². The number of hydrogen-bond donors (Lipinski definition) is 1. The normalized spacial score (nSPS) is 13.3. The number of nitrogens with one attached hydrogen (secondary N) is 1. The molecular weight excluding hydrogens is 376 g/mol. The Kier molecular flexibility index (Phi) is 7.57. The van der Waals surface area contributed by atoms with E-state index < -0.39 is 0 Å². The predicted octanol–water partition coefficient (Wildman–Crippen LogP) is 3.19. The van der Waals surface area contributed by atoms with Crippen molar-refractivity contribution < 1.29 is 9.59 Å². The van der Waals surface area contributed by atoms with Gasteiger partial charge in [0.2, 0.25) is 11.8 Å². The van der Waals surface area contributed by atoms with Gasteiger partial charge in [-0.2, -0.15) is 0 Å². The highest BCUT2D eigenvalue weighted by Gasteiger charge is 2.30. The topological polar surface area (TPSA) is 65.5 Å². The van der Waals surface area contributed by atoms with Gasteiger partial charge in [-0.05, 0) is 68.0 Å². The minimum absolute atomic E-state index is 0.0194. The summed E-state index contributed by atoms with van der Waals surface area (Å²) in [5.74, 6) is 0.0960. The summed E-state index contributed by atoms with van der Waals surface area (Å²) in [6.07, 6.45) is 6.99. The second-order valence-corrected chi connectivity index (χ2v) is 8.24. The van der Waals surface area contributed by atoms with Gasteiger partial charge in [-0.3, -0.25) is 19.5 Å². The third-order valence-corrected chi connectivity index (χ3v) is 5.60. The lowest BCUT2D eigenvalue weighted by atomic mass is 10.1. The van der Waals surface area contributed by atoms with E-state index in [2.05, 4.69) is 15.2 Å². The highest BCUT2D eigenvalue weighted by Crippen LogP contribution is 2.27. The Labute approximate surface area is 179 Å². The van der Waals surface area contributed by atoms with Crippen LogP contribution < -0.4 is 5.32 Å². The molecule has 6 heteroatoms. The Morgan fingerprint density at radius 2 is 1.83 bits per heavy atom. The summed E-state index contributed by atoms with van der Waals surface area (Å²) in [7, 11) is 1.85. The first-order valence-corrected chi connectivity index (χ1v) is 10.7. The summed E-state index contributed by atoms with van der Waals surface area (Å²) in [5.41, 5.74) is 4.21. The molecule has 3 rings (SSSR count). The maximum Gasteiger partial charge on any atom is 0.238 e. The Morgan fingerprint density at radius 3 is 2.53 bits per heavy atom. The molecule has 0 spiro atoms. The first-order chi connectivity index (χ1) is 14.4. The molecule has 0 bridgehead atoms. The first kappa shape index (κ1) is 22.0. The van der Waals surface area contributed by atoms with Crippen LogP contribution in [-0.4, -0.2) is 59.3 Å². The summed E-state index contributed by atoms with van der Waals surface area (Å²) in [6, 6.07) is 10.4. The van der Waals surface area contributed by atoms with Crippen molar-refractivity contribution in [3.8, 4) is 0 Å². The largest absolute Gasteiger partial charge is 0.345 e. The molecule has 1 heterocycles. The smallest absolute Gasteiger partial charge is 0.238 e. The lowest BCUT2D eigenvalue weighted by Crippen LogP contribution is -2.38. The molecule has 30 heavy (non-hydrogen) atoms. The fourth-order valence-corrected chi connectivity index (χ4v) is 3.48. The zero-order valence-corrected chi connectivity index (χ0v) is 18.2. The van der Waals surface area contributed by atoms with Crippen LogP contribution in [0.15, 0.2) is 42.7 Å². The summed E-state index contributed by atoms with van der Waals surface area (Å²) >= 11 is 0. The van der Waals surface area contributed by atoms with Crippen LogP contribution in [0.3, 0.4) is 0 Å².